The number of nitrogens with zero attached hydrogens (tertiary/aromatic N) is 3. The number of alkyl halides is 6. The number of hydrogen-bond donors (Lipinski definition) is 2. The minimum atomic E-state index is -4.51. The molecule has 0 aliphatic carbocycles. The molecule has 164 valence electrons. The predicted octanol–water partition coefficient (Wildman–Crippen LogP) is 4.23. The van der Waals surface area contributed by atoms with E-state index in [4.69, 9.17) is 11.6 Å². The summed E-state index contributed by atoms with van der Waals surface area (Å²) in [4.78, 5) is 9.67. The van der Waals surface area contributed by atoms with Crippen LogP contribution in [0.3, 0.4) is 0 Å². The molecule has 2 rings (SSSR count). The third-order valence-electron chi connectivity index (χ3n) is 4.38. The number of anilines is 1. The third-order valence-corrected chi connectivity index (χ3v) is 4.66. The maximum atomic E-state index is 12.7. The summed E-state index contributed by atoms with van der Waals surface area (Å²) in [6.07, 6.45) is -7.68. The van der Waals surface area contributed by atoms with Gasteiger partial charge in [0.05, 0.1) is 10.6 Å². The smallest absolute Gasteiger partial charge is 0.356 e. The molecule has 5 nitrogen and oxygen atoms in total. The van der Waals surface area contributed by atoms with Crippen LogP contribution in [0.4, 0.5) is 32.2 Å². The minimum absolute atomic E-state index is 0.0305. The molecule has 0 aromatic carbocycles. The van der Waals surface area contributed by atoms with Gasteiger partial charge in [0.15, 0.2) is 5.96 Å². The quantitative estimate of drug-likeness (QED) is 0.298. The Bertz CT molecular complexity index is 707. The minimum Gasteiger partial charge on any atom is -0.356 e. The number of pyridine rings is 1. The van der Waals surface area contributed by atoms with E-state index in [1.165, 1.54) is 0 Å². The van der Waals surface area contributed by atoms with Crippen molar-refractivity contribution in [2.45, 2.75) is 44.1 Å². The van der Waals surface area contributed by atoms with Gasteiger partial charge >= 0.3 is 12.4 Å². The van der Waals surface area contributed by atoms with Crippen LogP contribution in [0.1, 0.15) is 31.2 Å². The van der Waals surface area contributed by atoms with Crippen molar-refractivity contribution in [3.05, 3.63) is 22.8 Å². The molecule has 1 fully saturated rings. The normalized spacial score (nSPS) is 18.3. The summed E-state index contributed by atoms with van der Waals surface area (Å²) in [5.74, 6) is 0.731. The fourth-order valence-electron chi connectivity index (χ4n) is 2.93. The van der Waals surface area contributed by atoms with Crippen molar-refractivity contribution >= 4 is 23.4 Å². The van der Waals surface area contributed by atoms with Gasteiger partial charge in [0.2, 0.25) is 0 Å². The lowest BCUT2D eigenvalue weighted by Gasteiger charge is -2.21. The lowest BCUT2D eigenvalue weighted by atomic mass is 10.2. The molecule has 0 bridgehead atoms. The van der Waals surface area contributed by atoms with Crippen molar-refractivity contribution in [2.75, 3.05) is 31.6 Å². The average molecular weight is 446 g/mol. The van der Waals surface area contributed by atoms with E-state index < -0.39 is 24.3 Å². The van der Waals surface area contributed by atoms with Crippen molar-refractivity contribution in [2.24, 2.45) is 4.99 Å². The number of rotatable bonds is 6. The monoisotopic (exact) mass is 445 g/mol. The third kappa shape index (κ3) is 7.45. The molecule has 1 aliphatic rings. The van der Waals surface area contributed by atoms with Crippen LogP contribution in [0.2, 0.25) is 5.02 Å². The van der Waals surface area contributed by atoms with E-state index in [1.54, 1.807) is 11.9 Å². The van der Waals surface area contributed by atoms with Gasteiger partial charge in [-0.1, -0.05) is 11.6 Å². The van der Waals surface area contributed by atoms with Crippen LogP contribution in [0, 0.1) is 0 Å². The first-order chi connectivity index (χ1) is 13.5. The highest BCUT2D eigenvalue weighted by Gasteiger charge is 2.33. The number of aliphatic imine (C=N–C) groups is 1. The van der Waals surface area contributed by atoms with E-state index in [0.717, 1.165) is 12.3 Å². The van der Waals surface area contributed by atoms with Crippen molar-refractivity contribution in [1.29, 1.82) is 0 Å². The van der Waals surface area contributed by atoms with Crippen LogP contribution in [0.25, 0.3) is 0 Å². The molecule has 0 spiro atoms. The van der Waals surface area contributed by atoms with Crippen molar-refractivity contribution in [3.8, 4) is 0 Å². The Morgan fingerprint density at radius 3 is 2.59 bits per heavy atom. The summed E-state index contributed by atoms with van der Waals surface area (Å²) in [6, 6.07) is 0.794. The first-order valence-corrected chi connectivity index (χ1v) is 9.39. The summed E-state index contributed by atoms with van der Waals surface area (Å²) in [7, 11) is 1.55. The van der Waals surface area contributed by atoms with Gasteiger partial charge in [0.25, 0.3) is 0 Å². The van der Waals surface area contributed by atoms with E-state index in [0.29, 0.717) is 38.4 Å². The SMILES string of the molecule is CN=C(NCCCCC(F)(F)F)NC1CCN(c2ncc(C(F)(F)F)cc2Cl)C1. The number of nitrogens with one attached hydrogen (secondary N) is 2. The first kappa shape index (κ1) is 23.4. The van der Waals surface area contributed by atoms with Crippen molar-refractivity contribution in [3.63, 3.8) is 0 Å². The predicted molar refractivity (Wildman–Crippen MR) is 99.3 cm³/mol. The number of aromatic nitrogens is 1. The highest BCUT2D eigenvalue weighted by atomic mass is 35.5. The molecule has 2 N–H and O–H groups in total. The van der Waals surface area contributed by atoms with Gasteiger partial charge < -0.3 is 15.5 Å². The first-order valence-electron chi connectivity index (χ1n) is 9.01. The van der Waals surface area contributed by atoms with Crippen LogP contribution >= 0.6 is 11.6 Å². The summed E-state index contributed by atoms with van der Waals surface area (Å²) >= 11 is 5.99. The van der Waals surface area contributed by atoms with Gasteiger partial charge in [-0.25, -0.2) is 4.98 Å². The lowest BCUT2D eigenvalue weighted by Crippen LogP contribution is -2.45. The van der Waals surface area contributed by atoms with E-state index in [1.807, 2.05) is 0 Å². The lowest BCUT2D eigenvalue weighted by molar-refractivity contribution is -0.138. The molecule has 12 heteroatoms. The second-order valence-electron chi connectivity index (χ2n) is 6.67. The molecule has 1 unspecified atom stereocenters. The zero-order valence-corrected chi connectivity index (χ0v) is 16.4. The molecule has 0 amide bonds. The number of guanidine groups is 1. The molecule has 1 aromatic heterocycles. The second kappa shape index (κ2) is 9.73. The van der Waals surface area contributed by atoms with Crippen LogP contribution in [0.5, 0.6) is 0 Å². The number of unbranched alkanes of at least 4 members (excludes halogenated alkanes) is 1. The summed E-state index contributed by atoms with van der Waals surface area (Å²) in [6.45, 7) is 1.34. The molecular formula is C17H22ClF6N5. The van der Waals surface area contributed by atoms with Gasteiger partial charge in [-0.2, -0.15) is 26.3 Å². The zero-order chi connectivity index (χ0) is 21.7. The van der Waals surface area contributed by atoms with Gasteiger partial charge in [-0.15, -0.1) is 0 Å². The largest absolute Gasteiger partial charge is 0.417 e. The van der Waals surface area contributed by atoms with Gasteiger partial charge in [-0.3, -0.25) is 4.99 Å². The average Bonchev–Trinajstić information content (AvgIpc) is 3.06. The summed E-state index contributed by atoms with van der Waals surface area (Å²) in [5, 5.41) is 6.03. The van der Waals surface area contributed by atoms with E-state index in [-0.39, 0.29) is 23.3 Å². The second-order valence-corrected chi connectivity index (χ2v) is 7.08. The molecule has 0 radical (unpaired) electrons. The van der Waals surface area contributed by atoms with Crippen molar-refractivity contribution in [1.82, 2.24) is 15.6 Å². The standard InChI is InChI=1S/C17H22ClF6N5/c1-25-15(26-6-3-2-5-16(19,20)21)28-12-4-7-29(10-12)14-13(18)8-11(9-27-14)17(22,23)24/h8-9,12H,2-7,10H2,1H3,(H2,25,26,28). The Balaban J connectivity index is 1.83. The molecular weight excluding hydrogens is 424 g/mol. The highest BCUT2D eigenvalue weighted by molar-refractivity contribution is 6.33. The maximum absolute atomic E-state index is 12.7. The Morgan fingerprint density at radius 2 is 2.00 bits per heavy atom. The maximum Gasteiger partial charge on any atom is 0.417 e. The van der Waals surface area contributed by atoms with Crippen LogP contribution in [0.15, 0.2) is 17.3 Å². The molecule has 0 saturated carbocycles. The topological polar surface area (TPSA) is 52.6 Å². The Morgan fingerprint density at radius 1 is 1.28 bits per heavy atom. The fraction of sp³-hybridized carbons (Fsp3) is 0.647. The van der Waals surface area contributed by atoms with E-state index in [2.05, 4.69) is 20.6 Å². The van der Waals surface area contributed by atoms with Crippen LogP contribution < -0.4 is 15.5 Å². The summed E-state index contributed by atoms with van der Waals surface area (Å²) in [5.41, 5.74) is -0.907. The van der Waals surface area contributed by atoms with Gasteiger partial charge in [0, 0.05) is 45.3 Å². The Kier molecular flexibility index (Phi) is 7.84. The molecule has 1 aliphatic heterocycles. The molecule has 1 saturated heterocycles. The fourth-order valence-corrected chi connectivity index (χ4v) is 3.22. The van der Waals surface area contributed by atoms with Crippen LogP contribution in [-0.2, 0) is 6.18 Å². The van der Waals surface area contributed by atoms with E-state index >= 15 is 0 Å². The zero-order valence-electron chi connectivity index (χ0n) is 15.7. The van der Waals surface area contributed by atoms with E-state index in [9.17, 15) is 26.3 Å². The Labute approximate surface area is 169 Å². The molecule has 2 heterocycles. The van der Waals surface area contributed by atoms with Crippen molar-refractivity contribution < 1.29 is 26.3 Å². The molecule has 1 aromatic rings. The van der Waals surface area contributed by atoms with Crippen LogP contribution in [-0.4, -0.2) is 49.8 Å². The molecule has 1 atom stereocenters. The number of hydrogen-bond acceptors (Lipinski definition) is 3. The molecule has 29 heavy (non-hydrogen) atoms. The number of halogens is 7. The Hall–Kier alpha value is -1.91. The van der Waals surface area contributed by atoms with Gasteiger partial charge in [-0.05, 0) is 25.3 Å². The van der Waals surface area contributed by atoms with Gasteiger partial charge in [0.1, 0.15) is 5.82 Å². The summed E-state index contributed by atoms with van der Waals surface area (Å²) < 4.78 is 74.6. The highest BCUT2D eigenvalue weighted by Crippen LogP contribution is 2.34.